The summed E-state index contributed by atoms with van der Waals surface area (Å²) in [7, 11) is 3.88. The summed E-state index contributed by atoms with van der Waals surface area (Å²) in [6.45, 7) is 3.89. The van der Waals surface area contributed by atoms with Crippen molar-refractivity contribution in [2.45, 2.75) is 19.9 Å². The van der Waals surface area contributed by atoms with Crippen molar-refractivity contribution in [3.63, 3.8) is 0 Å². The highest BCUT2D eigenvalue weighted by Gasteiger charge is 2.24. The lowest BCUT2D eigenvalue weighted by molar-refractivity contribution is -0.126. The first-order valence-corrected chi connectivity index (χ1v) is 5.29. The van der Waals surface area contributed by atoms with Gasteiger partial charge in [-0.1, -0.05) is 44.2 Å². The predicted molar refractivity (Wildman–Crippen MR) is 62.7 cm³/mol. The van der Waals surface area contributed by atoms with Gasteiger partial charge in [-0.15, -0.1) is 0 Å². The molecule has 0 aliphatic carbocycles. The van der Waals surface area contributed by atoms with Crippen molar-refractivity contribution in [3.8, 4) is 0 Å². The predicted octanol–water partition coefficient (Wildman–Crippen LogP) is 2.51. The summed E-state index contributed by atoms with van der Waals surface area (Å²) in [5.41, 5.74) is 1.07. The van der Waals surface area contributed by atoms with Crippen LogP contribution in [0.15, 0.2) is 30.3 Å². The molecular weight excluding hydrogens is 186 g/mol. The summed E-state index contributed by atoms with van der Waals surface area (Å²) >= 11 is 0. The van der Waals surface area contributed by atoms with E-state index in [4.69, 9.17) is 0 Å². The van der Waals surface area contributed by atoms with Crippen molar-refractivity contribution in [2.24, 2.45) is 5.92 Å². The van der Waals surface area contributed by atoms with Gasteiger partial charge in [0, 0.05) is 5.92 Å². The van der Waals surface area contributed by atoms with E-state index < -0.39 is 0 Å². The zero-order valence-electron chi connectivity index (χ0n) is 9.90. The lowest BCUT2D eigenvalue weighted by Crippen LogP contribution is -2.30. The van der Waals surface area contributed by atoms with Crippen molar-refractivity contribution in [2.75, 3.05) is 14.1 Å². The number of nitrogens with zero attached hydrogens (tertiary/aromatic N) is 1. The van der Waals surface area contributed by atoms with E-state index in [2.05, 4.69) is 0 Å². The number of hydrogen-bond donors (Lipinski definition) is 0. The minimum Gasteiger partial charge on any atom is -0.297 e. The second-order valence-corrected chi connectivity index (χ2v) is 4.33. The van der Waals surface area contributed by atoms with Crippen LogP contribution in [-0.4, -0.2) is 24.8 Å². The van der Waals surface area contributed by atoms with E-state index in [1.165, 1.54) is 0 Å². The number of carbonyl (C=O) groups excluding carboxylic acids is 1. The largest absolute Gasteiger partial charge is 0.297 e. The molecule has 2 heteroatoms. The van der Waals surface area contributed by atoms with Gasteiger partial charge in [0.1, 0.15) is 0 Å². The van der Waals surface area contributed by atoms with Crippen molar-refractivity contribution in [3.05, 3.63) is 35.9 Å². The Labute approximate surface area is 91.9 Å². The van der Waals surface area contributed by atoms with Crippen LogP contribution in [0.4, 0.5) is 0 Å². The Balaban J connectivity index is 2.99. The first-order valence-electron chi connectivity index (χ1n) is 5.29. The molecule has 1 rings (SSSR count). The summed E-state index contributed by atoms with van der Waals surface area (Å²) in [5, 5.41) is 0. The van der Waals surface area contributed by atoms with Crippen molar-refractivity contribution in [1.82, 2.24) is 4.90 Å². The molecule has 1 aromatic rings. The fraction of sp³-hybridized carbons (Fsp3) is 0.462. The van der Waals surface area contributed by atoms with Gasteiger partial charge in [-0.25, -0.2) is 0 Å². The van der Waals surface area contributed by atoms with E-state index in [9.17, 15) is 4.79 Å². The number of likely N-dealkylation sites (N-methyl/N-ethyl adjacent to an activating group) is 1. The van der Waals surface area contributed by atoms with E-state index in [1.807, 2.05) is 63.2 Å². The molecule has 1 unspecified atom stereocenters. The Morgan fingerprint density at radius 2 is 1.67 bits per heavy atom. The van der Waals surface area contributed by atoms with Crippen LogP contribution in [0, 0.1) is 5.92 Å². The van der Waals surface area contributed by atoms with Crippen LogP contribution < -0.4 is 0 Å². The van der Waals surface area contributed by atoms with Crippen LogP contribution >= 0.6 is 0 Å². The Morgan fingerprint density at radius 3 is 2.07 bits per heavy atom. The zero-order chi connectivity index (χ0) is 11.4. The van der Waals surface area contributed by atoms with Gasteiger partial charge in [0.25, 0.3) is 0 Å². The highest BCUT2D eigenvalue weighted by atomic mass is 16.1. The van der Waals surface area contributed by atoms with Gasteiger partial charge in [-0.2, -0.15) is 0 Å². The molecule has 0 bridgehead atoms. The van der Waals surface area contributed by atoms with Gasteiger partial charge in [0.05, 0.1) is 6.04 Å². The third-order valence-electron chi connectivity index (χ3n) is 2.47. The van der Waals surface area contributed by atoms with E-state index >= 15 is 0 Å². The molecule has 0 N–H and O–H groups in total. The number of ketones is 1. The number of Topliss-reactive ketones (excluding diaryl/α,β-unsaturated/α-hetero) is 1. The Hall–Kier alpha value is -1.15. The van der Waals surface area contributed by atoms with Crippen LogP contribution in [0.3, 0.4) is 0 Å². The first kappa shape index (κ1) is 11.9. The average Bonchev–Trinajstić information content (AvgIpc) is 2.18. The van der Waals surface area contributed by atoms with Crippen LogP contribution in [0.2, 0.25) is 0 Å². The molecule has 0 radical (unpaired) electrons. The molecule has 0 amide bonds. The molecule has 1 atom stereocenters. The van der Waals surface area contributed by atoms with E-state index in [-0.39, 0.29) is 17.7 Å². The highest BCUT2D eigenvalue weighted by Crippen LogP contribution is 2.22. The van der Waals surface area contributed by atoms with Crippen molar-refractivity contribution < 1.29 is 4.79 Å². The van der Waals surface area contributed by atoms with Gasteiger partial charge in [0.15, 0.2) is 5.78 Å². The maximum absolute atomic E-state index is 12.0. The Morgan fingerprint density at radius 1 is 1.13 bits per heavy atom. The van der Waals surface area contributed by atoms with Gasteiger partial charge in [0.2, 0.25) is 0 Å². The maximum Gasteiger partial charge on any atom is 0.156 e. The lowest BCUT2D eigenvalue weighted by Gasteiger charge is -2.25. The zero-order valence-corrected chi connectivity index (χ0v) is 9.90. The Kier molecular flexibility index (Phi) is 4.04. The van der Waals surface area contributed by atoms with Gasteiger partial charge >= 0.3 is 0 Å². The monoisotopic (exact) mass is 205 g/mol. The highest BCUT2D eigenvalue weighted by molar-refractivity contribution is 5.86. The number of hydrogen-bond acceptors (Lipinski definition) is 2. The maximum atomic E-state index is 12.0. The topological polar surface area (TPSA) is 20.3 Å². The summed E-state index contributed by atoms with van der Waals surface area (Å²) in [6.07, 6.45) is 0. The molecule has 0 spiro atoms. The third-order valence-corrected chi connectivity index (χ3v) is 2.47. The van der Waals surface area contributed by atoms with Gasteiger partial charge in [-0.3, -0.25) is 9.69 Å². The average molecular weight is 205 g/mol. The molecular formula is C13H19NO. The summed E-state index contributed by atoms with van der Waals surface area (Å²) in [6, 6.07) is 9.80. The van der Waals surface area contributed by atoms with Crippen molar-refractivity contribution in [1.29, 1.82) is 0 Å². The quantitative estimate of drug-likeness (QED) is 0.752. The van der Waals surface area contributed by atoms with Crippen LogP contribution in [0.1, 0.15) is 25.5 Å². The second-order valence-electron chi connectivity index (χ2n) is 4.33. The fourth-order valence-electron chi connectivity index (χ4n) is 1.67. The molecule has 82 valence electrons. The normalized spacial score (nSPS) is 13.2. The SMILES string of the molecule is CC(C)C(=O)C(c1ccccc1)N(C)C. The van der Waals surface area contributed by atoms with Crippen LogP contribution in [-0.2, 0) is 4.79 Å². The van der Waals surface area contributed by atoms with E-state index in [0.717, 1.165) is 5.56 Å². The van der Waals surface area contributed by atoms with Gasteiger partial charge in [-0.05, 0) is 19.7 Å². The van der Waals surface area contributed by atoms with Crippen LogP contribution in [0.5, 0.6) is 0 Å². The van der Waals surface area contributed by atoms with Gasteiger partial charge < -0.3 is 0 Å². The third kappa shape index (κ3) is 2.90. The Bertz CT molecular complexity index is 317. The summed E-state index contributed by atoms with van der Waals surface area (Å²) in [5.74, 6) is 0.337. The van der Waals surface area contributed by atoms with Crippen molar-refractivity contribution >= 4 is 5.78 Å². The smallest absolute Gasteiger partial charge is 0.156 e. The molecule has 2 nitrogen and oxygen atoms in total. The molecule has 0 aliphatic heterocycles. The second kappa shape index (κ2) is 5.08. The minimum absolute atomic E-state index is 0.0672. The molecule has 0 heterocycles. The van der Waals surface area contributed by atoms with E-state index in [0.29, 0.717) is 0 Å². The molecule has 0 aliphatic rings. The number of benzene rings is 1. The molecule has 0 fully saturated rings. The molecule has 15 heavy (non-hydrogen) atoms. The van der Waals surface area contributed by atoms with Crippen LogP contribution in [0.25, 0.3) is 0 Å². The first-order chi connectivity index (χ1) is 7.04. The fourth-order valence-corrected chi connectivity index (χ4v) is 1.67. The molecule has 1 aromatic carbocycles. The molecule has 0 saturated heterocycles. The lowest BCUT2D eigenvalue weighted by atomic mass is 9.95. The number of rotatable bonds is 4. The molecule has 0 saturated carbocycles. The minimum atomic E-state index is -0.119. The summed E-state index contributed by atoms with van der Waals surface area (Å²) in [4.78, 5) is 14.0. The van der Waals surface area contributed by atoms with E-state index in [1.54, 1.807) is 0 Å². The molecule has 0 aromatic heterocycles. The standard InChI is InChI=1S/C13H19NO/c1-10(2)13(15)12(14(3)4)11-8-6-5-7-9-11/h5-10,12H,1-4H3. The summed E-state index contributed by atoms with van der Waals surface area (Å²) < 4.78 is 0. The number of carbonyl (C=O) groups is 1.